The summed E-state index contributed by atoms with van der Waals surface area (Å²) in [6.07, 6.45) is 11.4. The first-order valence-corrected chi connectivity index (χ1v) is 8.02. The molecule has 2 saturated carbocycles. The van der Waals surface area contributed by atoms with E-state index in [2.05, 4.69) is 10.2 Å². The predicted molar refractivity (Wildman–Crippen MR) is 73.6 cm³/mol. The number of aliphatic hydroxyl groups is 1. The normalized spacial score (nSPS) is 38.8. The van der Waals surface area contributed by atoms with E-state index < -0.39 is 0 Å². The molecule has 3 unspecified atom stereocenters. The van der Waals surface area contributed by atoms with E-state index in [1.54, 1.807) is 0 Å². The van der Waals surface area contributed by atoms with Crippen molar-refractivity contribution in [3.63, 3.8) is 0 Å². The third kappa shape index (κ3) is 3.06. The van der Waals surface area contributed by atoms with E-state index in [-0.39, 0.29) is 6.10 Å². The van der Waals surface area contributed by atoms with Crippen LogP contribution in [0.1, 0.15) is 57.8 Å². The molecule has 0 bridgehead atoms. The molecule has 3 nitrogen and oxygen atoms in total. The van der Waals surface area contributed by atoms with Crippen molar-refractivity contribution in [2.45, 2.75) is 82.0 Å². The molecule has 3 rings (SSSR count). The lowest BCUT2D eigenvalue weighted by Crippen LogP contribution is -2.55. The zero-order valence-corrected chi connectivity index (χ0v) is 11.5. The topological polar surface area (TPSA) is 35.5 Å². The molecule has 3 atom stereocenters. The van der Waals surface area contributed by atoms with Crippen molar-refractivity contribution in [3.8, 4) is 0 Å². The molecular weight excluding hydrogens is 224 g/mol. The molecule has 1 aliphatic heterocycles. The van der Waals surface area contributed by atoms with Gasteiger partial charge in [0.05, 0.1) is 6.10 Å². The Morgan fingerprint density at radius 3 is 2.50 bits per heavy atom. The summed E-state index contributed by atoms with van der Waals surface area (Å²) in [5, 5.41) is 14.0. The second-order valence-electron chi connectivity index (χ2n) is 6.49. The summed E-state index contributed by atoms with van der Waals surface area (Å²) in [7, 11) is 0. The van der Waals surface area contributed by atoms with Crippen molar-refractivity contribution < 1.29 is 5.11 Å². The Bertz CT molecular complexity index is 267. The van der Waals surface area contributed by atoms with Gasteiger partial charge in [-0.05, 0) is 45.1 Å². The quantitative estimate of drug-likeness (QED) is 0.802. The van der Waals surface area contributed by atoms with Gasteiger partial charge in [0.15, 0.2) is 0 Å². The summed E-state index contributed by atoms with van der Waals surface area (Å²) < 4.78 is 0. The monoisotopic (exact) mass is 252 g/mol. The van der Waals surface area contributed by atoms with Gasteiger partial charge < -0.3 is 10.4 Å². The molecule has 104 valence electrons. The van der Waals surface area contributed by atoms with E-state index in [9.17, 15) is 5.11 Å². The average Bonchev–Trinajstić information content (AvgIpc) is 3.22. The third-order valence-electron chi connectivity index (χ3n) is 5.01. The van der Waals surface area contributed by atoms with Crippen LogP contribution in [0.25, 0.3) is 0 Å². The summed E-state index contributed by atoms with van der Waals surface area (Å²) in [6.45, 7) is 2.35. The molecule has 0 amide bonds. The molecule has 0 aromatic rings. The number of rotatable bonds is 4. The SMILES string of the molecule is OC1CCCCC1N1CCCCC1CNC1CC1. The van der Waals surface area contributed by atoms with Crippen molar-refractivity contribution in [2.75, 3.05) is 13.1 Å². The molecule has 1 saturated heterocycles. The van der Waals surface area contributed by atoms with Gasteiger partial charge in [0.1, 0.15) is 0 Å². The van der Waals surface area contributed by atoms with Crippen LogP contribution in [0.3, 0.4) is 0 Å². The van der Waals surface area contributed by atoms with Gasteiger partial charge in [-0.15, -0.1) is 0 Å². The van der Waals surface area contributed by atoms with E-state index in [0.29, 0.717) is 12.1 Å². The first-order chi connectivity index (χ1) is 8.84. The van der Waals surface area contributed by atoms with Gasteiger partial charge in [-0.3, -0.25) is 4.90 Å². The Hall–Kier alpha value is -0.120. The van der Waals surface area contributed by atoms with Crippen molar-refractivity contribution in [1.82, 2.24) is 10.2 Å². The van der Waals surface area contributed by atoms with E-state index >= 15 is 0 Å². The minimum absolute atomic E-state index is 0.0692. The molecule has 0 radical (unpaired) electrons. The summed E-state index contributed by atoms with van der Waals surface area (Å²) in [5.41, 5.74) is 0. The Kier molecular flexibility index (Phi) is 4.22. The van der Waals surface area contributed by atoms with Gasteiger partial charge in [-0.1, -0.05) is 19.3 Å². The Morgan fingerprint density at radius 2 is 1.72 bits per heavy atom. The fourth-order valence-electron chi connectivity index (χ4n) is 3.75. The molecule has 3 fully saturated rings. The molecular formula is C15H28N2O. The highest BCUT2D eigenvalue weighted by molar-refractivity contribution is 4.91. The largest absolute Gasteiger partial charge is 0.391 e. The Balaban J connectivity index is 1.58. The van der Waals surface area contributed by atoms with Crippen molar-refractivity contribution in [1.29, 1.82) is 0 Å². The second kappa shape index (κ2) is 5.89. The highest BCUT2D eigenvalue weighted by atomic mass is 16.3. The molecule has 0 spiro atoms. The molecule has 2 aliphatic carbocycles. The molecule has 2 N–H and O–H groups in total. The molecule has 0 aromatic carbocycles. The summed E-state index contributed by atoms with van der Waals surface area (Å²) in [6, 6.07) is 1.94. The van der Waals surface area contributed by atoms with Gasteiger partial charge in [0, 0.05) is 24.7 Å². The minimum atomic E-state index is -0.0692. The van der Waals surface area contributed by atoms with Gasteiger partial charge >= 0.3 is 0 Å². The molecule has 3 heteroatoms. The maximum absolute atomic E-state index is 10.3. The lowest BCUT2D eigenvalue weighted by atomic mass is 9.88. The lowest BCUT2D eigenvalue weighted by Gasteiger charge is -2.45. The first-order valence-electron chi connectivity index (χ1n) is 8.02. The molecule has 0 aromatic heterocycles. The van der Waals surface area contributed by atoms with Crippen LogP contribution in [0.2, 0.25) is 0 Å². The number of hydrogen-bond donors (Lipinski definition) is 2. The highest BCUT2D eigenvalue weighted by Crippen LogP contribution is 2.29. The smallest absolute Gasteiger partial charge is 0.0695 e. The van der Waals surface area contributed by atoms with Crippen LogP contribution >= 0.6 is 0 Å². The molecule has 18 heavy (non-hydrogen) atoms. The average molecular weight is 252 g/mol. The molecule has 1 heterocycles. The fraction of sp³-hybridized carbons (Fsp3) is 1.00. The van der Waals surface area contributed by atoms with E-state index in [0.717, 1.165) is 19.0 Å². The van der Waals surface area contributed by atoms with Crippen LogP contribution in [0, 0.1) is 0 Å². The van der Waals surface area contributed by atoms with Crippen molar-refractivity contribution >= 4 is 0 Å². The lowest BCUT2D eigenvalue weighted by molar-refractivity contribution is -0.0146. The zero-order chi connectivity index (χ0) is 12.4. The number of hydrogen-bond acceptors (Lipinski definition) is 3. The standard InChI is InChI=1S/C15H28N2O/c18-15-7-2-1-6-14(15)17-10-4-3-5-13(17)11-16-12-8-9-12/h12-16,18H,1-11H2. The maximum atomic E-state index is 10.3. The van der Waals surface area contributed by atoms with Crippen LogP contribution in [-0.2, 0) is 0 Å². The minimum Gasteiger partial charge on any atom is -0.391 e. The number of nitrogens with zero attached hydrogens (tertiary/aromatic N) is 1. The number of piperidine rings is 1. The summed E-state index contributed by atoms with van der Waals surface area (Å²) in [5.74, 6) is 0. The van der Waals surface area contributed by atoms with Crippen LogP contribution < -0.4 is 5.32 Å². The van der Waals surface area contributed by atoms with Crippen molar-refractivity contribution in [2.24, 2.45) is 0 Å². The Labute approximate surface area is 111 Å². The van der Waals surface area contributed by atoms with Gasteiger partial charge in [0.2, 0.25) is 0 Å². The van der Waals surface area contributed by atoms with Crippen LogP contribution in [0.15, 0.2) is 0 Å². The first kappa shape index (κ1) is 12.9. The highest BCUT2D eigenvalue weighted by Gasteiger charge is 2.35. The van der Waals surface area contributed by atoms with Gasteiger partial charge in [-0.25, -0.2) is 0 Å². The maximum Gasteiger partial charge on any atom is 0.0695 e. The number of likely N-dealkylation sites (tertiary alicyclic amines) is 1. The van der Waals surface area contributed by atoms with Crippen LogP contribution in [0.4, 0.5) is 0 Å². The van der Waals surface area contributed by atoms with Crippen LogP contribution in [-0.4, -0.2) is 47.3 Å². The Morgan fingerprint density at radius 1 is 0.944 bits per heavy atom. The number of nitrogens with one attached hydrogen (secondary N) is 1. The summed E-state index contributed by atoms with van der Waals surface area (Å²) in [4.78, 5) is 2.64. The fourth-order valence-corrected chi connectivity index (χ4v) is 3.75. The third-order valence-corrected chi connectivity index (χ3v) is 5.01. The van der Waals surface area contributed by atoms with E-state index in [1.807, 2.05) is 0 Å². The van der Waals surface area contributed by atoms with Gasteiger partial charge in [-0.2, -0.15) is 0 Å². The van der Waals surface area contributed by atoms with Gasteiger partial charge in [0.25, 0.3) is 0 Å². The van der Waals surface area contributed by atoms with Crippen LogP contribution in [0.5, 0.6) is 0 Å². The zero-order valence-electron chi connectivity index (χ0n) is 11.5. The predicted octanol–water partition coefficient (Wildman–Crippen LogP) is 1.90. The second-order valence-corrected chi connectivity index (χ2v) is 6.49. The number of aliphatic hydroxyl groups excluding tert-OH is 1. The van der Waals surface area contributed by atoms with E-state index in [1.165, 1.54) is 57.9 Å². The summed E-state index contributed by atoms with van der Waals surface area (Å²) >= 11 is 0. The molecule has 3 aliphatic rings. The van der Waals surface area contributed by atoms with E-state index in [4.69, 9.17) is 0 Å². The van der Waals surface area contributed by atoms with Crippen molar-refractivity contribution in [3.05, 3.63) is 0 Å².